The number of nitrogens with zero attached hydrogens (tertiary/aromatic N) is 2. The monoisotopic (exact) mass is 436 g/mol. The van der Waals surface area contributed by atoms with Crippen LogP contribution in [0.4, 0.5) is 0 Å². The first-order valence-corrected chi connectivity index (χ1v) is 12.0. The number of amides is 2. The summed E-state index contributed by atoms with van der Waals surface area (Å²) in [6.45, 7) is 9.75. The molecule has 8 nitrogen and oxygen atoms in total. The largest absolute Gasteiger partial charge is 0.354 e. The molecule has 30 heavy (non-hydrogen) atoms. The van der Waals surface area contributed by atoms with Crippen LogP contribution in [-0.2, 0) is 14.8 Å². The van der Waals surface area contributed by atoms with Crippen LogP contribution in [-0.4, -0.2) is 74.7 Å². The smallest absolute Gasteiger partial charge is 0.251 e. The lowest BCUT2D eigenvalue weighted by molar-refractivity contribution is -0.122. The average Bonchev–Trinajstić information content (AvgIpc) is 2.67. The van der Waals surface area contributed by atoms with Gasteiger partial charge in [-0.25, -0.2) is 8.42 Å². The molecule has 0 spiro atoms. The highest BCUT2D eigenvalue weighted by Crippen LogP contribution is 2.21. The van der Waals surface area contributed by atoms with E-state index in [-0.39, 0.29) is 35.8 Å². The Labute approximate surface area is 179 Å². The van der Waals surface area contributed by atoms with E-state index in [0.29, 0.717) is 23.9 Å². The van der Waals surface area contributed by atoms with E-state index >= 15 is 0 Å². The summed E-state index contributed by atoms with van der Waals surface area (Å²) in [5.74, 6) is 0.795. The van der Waals surface area contributed by atoms with Gasteiger partial charge in [-0.1, -0.05) is 13.8 Å². The molecule has 0 aromatic heterocycles. The Hall–Kier alpha value is -1.97. The van der Waals surface area contributed by atoms with Crippen molar-refractivity contribution < 1.29 is 18.0 Å². The number of rotatable bonds is 6. The summed E-state index contributed by atoms with van der Waals surface area (Å²) in [7, 11) is -3.76. The van der Waals surface area contributed by atoms with Gasteiger partial charge in [0.1, 0.15) is 0 Å². The van der Waals surface area contributed by atoms with Crippen LogP contribution in [0.2, 0.25) is 0 Å². The quantitative estimate of drug-likeness (QED) is 0.691. The topological polar surface area (TPSA) is 98.8 Å². The van der Waals surface area contributed by atoms with E-state index in [1.54, 1.807) is 0 Å². The SMILES string of the molecule is CC1CC(C)CN(CC(C)NC(=O)c2ccc(S(=O)(=O)N3CCNC(=O)C3)cc2)C1. The number of carbonyl (C=O) groups excluding carboxylic acids is 2. The molecule has 0 bridgehead atoms. The molecule has 2 amide bonds. The maximum Gasteiger partial charge on any atom is 0.251 e. The Morgan fingerprint density at radius 3 is 2.43 bits per heavy atom. The van der Waals surface area contributed by atoms with Crippen molar-refractivity contribution in [2.24, 2.45) is 11.8 Å². The molecule has 9 heteroatoms. The number of nitrogens with one attached hydrogen (secondary N) is 2. The second-order valence-corrected chi connectivity index (χ2v) is 10.7. The minimum absolute atomic E-state index is 0.00901. The Balaban J connectivity index is 1.58. The number of carbonyl (C=O) groups is 2. The Morgan fingerprint density at radius 2 is 1.83 bits per heavy atom. The predicted molar refractivity (Wildman–Crippen MR) is 115 cm³/mol. The van der Waals surface area contributed by atoms with E-state index in [0.717, 1.165) is 23.9 Å². The molecule has 2 fully saturated rings. The fourth-order valence-corrected chi connectivity index (χ4v) is 5.83. The highest BCUT2D eigenvalue weighted by Gasteiger charge is 2.29. The molecule has 1 aromatic rings. The highest BCUT2D eigenvalue weighted by molar-refractivity contribution is 7.89. The van der Waals surface area contributed by atoms with E-state index in [4.69, 9.17) is 0 Å². The molecule has 166 valence electrons. The Bertz CT molecular complexity index is 861. The predicted octanol–water partition coefficient (Wildman–Crippen LogP) is 0.903. The number of piperidine rings is 1. The van der Waals surface area contributed by atoms with E-state index < -0.39 is 10.0 Å². The molecule has 3 unspecified atom stereocenters. The molecule has 0 aliphatic carbocycles. The van der Waals surface area contributed by atoms with Crippen molar-refractivity contribution in [3.63, 3.8) is 0 Å². The summed E-state index contributed by atoms with van der Waals surface area (Å²) < 4.78 is 26.6. The molecular formula is C21H32N4O4S. The van der Waals surface area contributed by atoms with Gasteiger partial charge >= 0.3 is 0 Å². The molecule has 2 saturated heterocycles. The number of hydrogen-bond donors (Lipinski definition) is 2. The van der Waals surface area contributed by atoms with Gasteiger partial charge in [-0.15, -0.1) is 0 Å². The first kappa shape index (κ1) is 22.7. The normalized spacial score (nSPS) is 24.8. The van der Waals surface area contributed by atoms with Gasteiger partial charge in [-0.3, -0.25) is 9.59 Å². The zero-order chi connectivity index (χ0) is 21.9. The standard InChI is InChI=1S/C21H32N4O4S/c1-15-10-16(2)12-24(11-15)13-17(3)23-21(27)18-4-6-19(7-5-18)30(28,29)25-9-8-22-20(26)14-25/h4-7,15-17H,8-14H2,1-3H3,(H,22,26)(H,23,27). The van der Waals surface area contributed by atoms with Crippen molar-refractivity contribution in [1.82, 2.24) is 19.8 Å². The van der Waals surface area contributed by atoms with Gasteiger partial charge in [0, 0.05) is 44.3 Å². The maximum atomic E-state index is 12.7. The minimum Gasteiger partial charge on any atom is -0.354 e. The lowest BCUT2D eigenvalue weighted by Gasteiger charge is -2.36. The van der Waals surface area contributed by atoms with Crippen molar-refractivity contribution in [3.8, 4) is 0 Å². The number of piperazine rings is 1. The zero-order valence-electron chi connectivity index (χ0n) is 17.9. The third-order valence-electron chi connectivity index (χ3n) is 5.61. The fourth-order valence-electron chi connectivity index (χ4n) is 4.43. The average molecular weight is 437 g/mol. The summed E-state index contributed by atoms with van der Waals surface area (Å²) >= 11 is 0. The molecule has 2 heterocycles. The van der Waals surface area contributed by atoms with Crippen LogP contribution in [0.5, 0.6) is 0 Å². The van der Waals surface area contributed by atoms with Gasteiger partial charge < -0.3 is 15.5 Å². The fraction of sp³-hybridized carbons (Fsp3) is 0.619. The van der Waals surface area contributed by atoms with E-state index in [2.05, 4.69) is 29.4 Å². The summed E-state index contributed by atoms with van der Waals surface area (Å²) in [4.78, 5) is 26.6. The van der Waals surface area contributed by atoms with Crippen LogP contribution >= 0.6 is 0 Å². The van der Waals surface area contributed by atoms with E-state index in [9.17, 15) is 18.0 Å². The zero-order valence-corrected chi connectivity index (χ0v) is 18.7. The summed E-state index contributed by atoms with van der Waals surface area (Å²) in [6, 6.07) is 5.88. The van der Waals surface area contributed by atoms with Crippen molar-refractivity contribution in [2.75, 3.05) is 39.3 Å². The van der Waals surface area contributed by atoms with Crippen molar-refractivity contribution in [2.45, 2.75) is 38.1 Å². The molecule has 2 aliphatic heterocycles. The second kappa shape index (κ2) is 9.45. The van der Waals surface area contributed by atoms with Crippen LogP contribution < -0.4 is 10.6 Å². The first-order valence-electron chi connectivity index (χ1n) is 10.5. The Kier molecular flexibility index (Phi) is 7.15. The molecule has 0 saturated carbocycles. The number of likely N-dealkylation sites (tertiary alicyclic amines) is 1. The first-order chi connectivity index (χ1) is 14.1. The summed E-state index contributed by atoms with van der Waals surface area (Å²) in [5.41, 5.74) is 0.414. The molecule has 3 atom stereocenters. The number of hydrogen-bond acceptors (Lipinski definition) is 5. The van der Waals surface area contributed by atoms with Crippen molar-refractivity contribution in [1.29, 1.82) is 0 Å². The molecule has 1 aromatic carbocycles. The van der Waals surface area contributed by atoms with Crippen LogP contribution in [0.1, 0.15) is 37.6 Å². The molecule has 0 radical (unpaired) electrons. The van der Waals surface area contributed by atoms with Gasteiger partial charge in [0.25, 0.3) is 5.91 Å². The van der Waals surface area contributed by atoms with Crippen LogP contribution in [0.25, 0.3) is 0 Å². The highest BCUT2D eigenvalue weighted by atomic mass is 32.2. The number of benzene rings is 1. The summed E-state index contributed by atoms with van der Waals surface area (Å²) in [5, 5.41) is 5.62. The maximum absolute atomic E-state index is 12.7. The molecule has 2 aliphatic rings. The minimum atomic E-state index is -3.76. The van der Waals surface area contributed by atoms with Gasteiger partial charge in [0.15, 0.2) is 0 Å². The molecule has 2 N–H and O–H groups in total. The van der Waals surface area contributed by atoms with Crippen molar-refractivity contribution in [3.05, 3.63) is 29.8 Å². The van der Waals surface area contributed by atoms with Crippen LogP contribution in [0.15, 0.2) is 29.2 Å². The lowest BCUT2D eigenvalue weighted by atomic mass is 9.92. The van der Waals surface area contributed by atoms with E-state index in [1.807, 2.05) is 6.92 Å². The molecular weight excluding hydrogens is 404 g/mol. The van der Waals surface area contributed by atoms with Gasteiger partial charge in [-0.05, 0) is 49.4 Å². The Morgan fingerprint density at radius 1 is 1.20 bits per heavy atom. The summed E-state index contributed by atoms with van der Waals surface area (Å²) in [6.07, 6.45) is 1.24. The third-order valence-corrected chi connectivity index (χ3v) is 7.47. The second-order valence-electron chi connectivity index (χ2n) is 8.75. The van der Waals surface area contributed by atoms with Crippen LogP contribution in [0.3, 0.4) is 0 Å². The van der Waals surface area contributed by atoms with Gasteiger partial charge in [0.2, 0.25) is 15.9 Å². The van der Waals surface area contributed by atoms with Gasteiger partial charge in [-0.2, -0.15) is 4.31 Å². The third kappa shape index (κ3) is 5.59. The van der Waals surface area contributed by atoms with Crippen LogP contribution in [0, 0.1) is 11.8 Å². The number of sulfonamides is 1. The van der Waals surface area contributed by atoms with E-state index in [1.165, 1.54) is 30.7 Å². The molecule has 3 rings (SSSR count). The lowest BCUT2D eigenvalue weighted by Crippen LogP contribution is -2.49. The van der Waals surface area contributed by atoms with Crippen molar-refractivity contribution >= 4 is 21.8 Å². The van der Waals surface area contributed by atoms with Gasteiger partial charge in [0.05, 0.1) is 11.4 Å².